The van der Waals surface area contributed by atoms with Crippen LogP contribution in [0, 0.1) is 0 Å². The maximum Gasteiger partial charge on any atom is 0.307 e. The monoisotopic (exact) mass is 215 g/mol. The molecule has 14 heavy (non-hydrogen) atoms. The summed E-state index contributed by atoms with van der Waals surface area (Å²) in [7, 11) is -3.84. The molecule has 1 rings (SSSR count). The molecule has 6 heteroatoms. The quantitative estimate of drug-likeness (QED) is 0.739. The summed E-state index contributed by atoms with van der Waals surface area (Å²) in [5.74, 6) is -1.10. The van der Waals surface area contributed by atoms with Crippen molar-refractivity contribution in [3.63, 3.8) is 0 Å². The van der Waals surface area contributed by atoms with Gasteiger partial charge < -0.3 is 5.11 Å². The van der Waals surface area contributed by atoms with Gasteiger partial charge in [0.2, 0.25) is 10.0 Å². The maximum absolute atomic E-state index is 11.0. The number of benzene rings is 1. The minimum atomic E-state index is -3.84. The third-order valence-electron chi connectivity index (χ3n) is 1.62. The van der Waals surface area contributed by atoms with Gasteiger partial charge in [-0.25, -0.2) is 13.6 Å². The first kappa shape index (κ1) is 10.7. The minimum absolute atomic E-state index is 0.137. The number of nitrogens with two attached hydrogens (primary N) is 1. The second kappa shape index (κ2) is 3.77. The molecule has 0 bridgehead atoms. The molecule has 0 saturated carbocycles. The van der Waals surface area contributed by atoms with Crippen LogP contribution in [-0.4, -0.2) is 19.5 Å². The van der Waals surface area contributed by atoms with Crippen molar-refractivity contribution in [3.05, 3.63) is 29.8 Å². The number of aliphatic carboxylic acids is 1. The molecule has 0 saturated heterocycles. The fraction of sp³-hybridized carbons (Fsp3) is 0.125. The SMILES string of the molecule is NS(=O)(=O)c1ccccc1CC(=O)O. The zero-order chi connectivity index (χ0) is 10.8. The fourth-order valence-corrected chi connectivity index (χ4v) is 1.86. The van der Waals surface area contributed by atoms with Gasteiger partial charge in [0.1, 0.15) is 0 Å². The highest BCUT2D eigenvalue weighted by Crippen LogP contribution is 2.13. The number of primary sulfonamides is 1. The Hall–Kier alpha value is -1.40. The first-order chi connectivity index (χ1) is 6.41. The highest BCUT2D eigenvalue weighted by Gasteiger charge is 2.14. The lowest BCUT2D eigenvalue weighted by molar-refractivity contribution is -0.136. The van der Waals surface area contributed by atoms with Crippen LogP contribution in [0.5, 0.6) is 0 Å². The van der Waals surface area contributed by atoms with E-state index in [1.165, 1.54) is 18.2 Å². The second-order valence-corrected chi connectivity index (χ2v) is 4.25. The number of hydrogen-bond donors (Lipinski definition) is 2. The summed E-state index contributed by atoms with van der Waals surface area (Å²) in [6.45, 7) is 0. The molecule has 0 aromatic heterocycles. The molecular formula is C8H9NO4S. The molecule has 0 aliphatic heterocycles. The first-order valence-electron chi connectivity index (χ1n) is 3.74. The Morgan fingerprint density at radius 2 is 1.93 bits per heavy atom. The number of rotatable bonds is 3. The Morgan fingerprint density at radius 1 is 1.36 bits per heavy atom. The van der Waals surface area contributed by atoms with E-state index in [1.54, 1.807) is 6.07 Å². The molecule has 0 heterocycles. The van der Waals surface area contributed by atoms with Crippen molar-refractivity contribution in [1.29, 1.82) is 0 Å². The van der Waals surface area contributed by atoms with Crippen LogP contribution in [0.15, 0.2) is 29.2 Å². The molecule has 0 atom stereocenters. The van der Waals surface area contributed by atoms with Gasteiger partial charge in [0.05, 0.1) is 11.3 Å². The molecule has 76 valence electrons. The Bertz CT molecular complexity index is 452. The lowest BCUT2D eigenvalue weighted by Gasteiger charge is -2.03. The van der Waals surface area contributed by atoms with Crippen LogP contribution in [-0.2, 0) is 21.2 Å². The highest BCUT2D eigenvalue weighted by atomic mass is 32.2. The number of hydrogen-bond acceptors (Lipinski definition) is 3. The van der Waals surface area contributed by atoms with Gasteiger partial charge in [-0.2, -0.15) is 0 Å². The van der Waals surface area contributed by atoms with Gasteiger partial charge >= 0.3 is 5.97 Å². The van der Waals surface area contributed by atoms with Crippen LogP contribution in [0.4, 0.5) is 0 Å². The summed E-state index contributed by atoms with van der Waals surface area (Å²) in [6, 6.07) is 5.76. The lowest BCUT2D eigenvalue weighted by atomic mass is 10.1. The van der Waals surface area contributed by atoms with E-state index >= 15 is 0 Å². The van der Waals surface area contributed by atoms with Crippen molar-refractivity contribution in [2.24, 2.45) is 5.14 Å². The van der Waals surface area contributed by atoms with Crippen LogP contribution in [0.2, 0.25) is 0 Å². The summed E-state index contributed by atoms with van der Waals surface area (Å²) in [6.07, 6.45) is -0.355. The molecule has 0 aliphatic rings. The summed E-state index contributed by atoms with van der Waals surface area (Å²) in [5, 5.41) is 13.4. The van der Waals surface area contributed by atoms with Crippen LogP contribution in [0.3, 0.4) is 0 Å². The fourth-order valence-electron chi connectivity index (χ4n) is 1.09. The molecule has 0 fully saturated rings. The maximum atomic E-state index is 11.0. The molecule has 5 nitrogen and oxygen atoms in total. The Labute approximate surface area is 81.2 Å². The van der Waals surface area contributed by atoms with Crippen molar-refractivity contribution >= 4 is 16.0 Å². The van der Waals surface area contributed by atoms with E-state index < -0.39 is 16.0 Å². The number of carboxylic acids is 1. The topological polar surface area (TPSA) is 97.5 Å². The number of carbonyl (C=O) groups is 1. The van der Waals surface area contributed by atoms with Crippen LogP contribution < -0.4 is 5.14 Å². The normalized spacial score (nSPS) is 11.2. The summed E-state index contributed by atoms with van der Waals surface area (Å²) in [4.78, 5) is 10.3. The van der Waals surface area contributed by atoms with Gasteiger partial charge in [-0.3, -0.25) is 4.79 Å². The molecule has 3 N–H and O–H groups in total. The van der Waals surface area contributed by atoms with E-state index in [0.717, 1.165) is 0 Å². The molecule has 0 amide bonds. The van der Waals surface area contributed by atoms with Gasteiger partial charge in [0, 0.05) is 0 Å². The van der Waals surface area contributed by atoms with Crippen LogP contribution in [0.25, 0.3) is 0 Å². The molecule has 1 aromatic rings. The van der Waals surface area contributed by atoms with E-state index in [-0.39, 0.29) is 16.9 Å². The standard InChI is InChI=1S/C8H9NO4S/c9-14(12,13)7-4-2-1-3-6(7)5-8(10)11/h1-4H,5H2,(H,10,11)(H2,9,12,13). The summed E-state index contributed by atoms with van der Waals surface area (Å²) in [5.41, 5.74) is 0.197. The lowest BCUT2D eigenvalue weighted by Crippen LogP contribution is -2.15. The molecular weight excluding hydrogens is 206 g/mol. The third kappa shape index (κ3) is 2.54. The molecule has 0 aliphatic carbocycles. The van der Waals surface area contributed by atoms with Gasteiger partial charge in [-0.1, -0.05) is 18.2 Å². The van der Waals surface area contributed by atoms with Crippen molar-refractivity contribution < 1.29 is 18.3 Å². The smallest absolute Gasteiger partial charge is 0.307 e. The molecule has 0 unspecified atom stereocenters. The highest BCUT2D eigenvalue weighted by molar-refractivity contribution is 7.89. The van der Waals surface area contributed by atoms with Crippen LogP contribution in [0.1, 0.15) is 5.56 Å². The molecule has 0 radical (unpaired) electrons. The van der Waals surface area contributed by atoms with Gasteiger partial charge in [-0.05, 0) is 11.6 Å². The average molecular weight is 215 g/mol. The van der Waals surface area contributed by atoms with Gasteiger partial charge in [0.25, 0.3) is 0 Å². The number of sulfonamides is 1. The van der Waals surface area contributed by atoms with E-state index in [4.69, 9.17) is 10.2 Å². The number of carboxylic acid groups (broad SMARTS) is 1. The minimum Gasteiger partial charge on any atom is -0.481 e. The third-order valence-corrected chi connectivity index (χ3v) is 2.63. The van der Waals surface area contributed by atoms with Gasteiger partial charge in [-0.15, -0.1) is 0 Å². The van der Waals surface area contributed by atoms with E-state index in [2.05, 4.69) is 0 Å². The Morgan fingerprint density at radius 3 is 2.43 bits per heavy atom. The first-order valence-corrected chi connectivity index (χ1v) is 5.28. The van der Waals surface area contributed by atoms with Crippen LogP contribution >= 0.6 is 0 Å². The van der Waals surface area contributed by atoms with Crippen molar-refractivity contribution in [3.8, 4) is 0 Å². The second-order valence-electron chi connectivity index (χ2n) is 2.72. The average Bonchev–Trinajstić information content (AvgIpc) is 2.01. The van der Waals surface area contributed by atoms with E-state index in [1.807, 2.05) is 0 Å². The molecule has 1 aromatic carbocycles. The predicted octanol–water partition coefficient (Wildman–Crippen LogP) is -0.0389. The van der Waals surface area contributed by atoms with Crippen molar-refractivity contribution in [2.45, 2.75) is 11.3 Å². The van der Waals surface area contributed by atoms with E-state index in [9.17, 15) is 13.2 Å². The largest absolute Gasteiger partial charge is 0.481 e. The van der Waals surface area contributed by atoms with Crippen molar-refractivity contribution in [2.75, 3.05) is 0 Å². The summed E-state index contributed by atoms with van der Waals surface area (Å²) >= 11 is 0. The van der Waals surface area contributed by atoms with Gasteiger partial charge in [0.15, 0.2) is 0 Å². The Kier molecular flexibility index (Phi) is 2.87. The zero-order valence-electron chi connectivity index (χ0n) is 7.17. The molecule has 0 spiro atoms. The summed E-state index contributed by atoms with van der Waals surface area (Å²) < 4.78 is 22.0. The zero-order valence-corrected chi connectivity index (χ0v) is 7.99. The van der Waals surface area contributed by atoms with Crippen molar-refractivity contribution in [1.82, 2.24) is 0 Å². The Balaban J connectivity index is 3.23. The predicted molar refractivity (Wildman–Crippen MR) is 49.2 cm³/mol. The van der Waals surface area contributed by atoms with E-state index in [0.29, 0.717) is 0 Å².